The molecule has 3 aromatic heterocycles. The molecule has 0 radical (unpaired) electrons. The van der Waals surface area contributed by atoms with E-state index >= 15 is 0 Å². The average Bonchev–Trinajstić information content (AvgIpc) is 3.28. The fourth-order valence-electron chi connectivity index (χ4n) is 2.97. The van der Waals surface area contributed by atoms with Crippen LogP contribution in [-0.2, 0) is 24.2 Å². The van der Waals surface area contributed by atoms with Gasteiger partial charge in [0.25, 0.3) is 5.91 Å². The van der Waals surface area contributed by atoms with Crippen molar-refractivity contribution in [3.63, 3.8) is 0 Å². The standard InChI is InChI=1S/C17H17N3O3S/c1-20(8-11-4-3-7-22-11)14(21)9-23-16-15-12-5-2-6-13(12)24-17(15)19-10-18-16/h3-4,7,10H,2,5-6,8-9H2,1H3. The Hall–Kier alpha value is -2.41. The average molecular weight is 343 g/mol. The SMILES string of the molecule is CN(Cc1ccco1)C(=O)COc1ncnc2sc3c(c12)CCC3. The Morgan fingerprint density at radius 2 is 2.33 bits per heavy atom. The van der Waals surface area contributed by atoms with E-state index in [9.17, 15) is 4.79 Å². The van der Waals surface area contributed by atoms with E-state index in [0.717, 1.165) is 35.2 Å². The highest BCUT2D eigenvalue weighted by molar-refractivity contribution is 7.18. The smallest absolute Gasteiger partial charge is 0.260 e. The third-order valence-corrected chi connectivity index (χ3v) is 5.40. The number of aromatic nitrogens is 2. The third kappa shape index (κ3) is 2.75. The van der Waals surface area contributed by atoms with Crippen molar-refractivity contribution in [2.75, 3.05) is 13.7 Å². The molecule has 6 nitrogen and oxygen atoms in total. The summed E-state index contributed by atoms with van der Waals surface area (Å²) in [5, 5.41) is 0.983. The van der Waals surface area contributed by atoms with E-state index in [0.29, 0.717) is 12.4 Å². The number of thiophene rings is 1. The van der Waals surface area contributed by atoms with E-state index in [2.05, 4.69) is 9.97 Å². The van der Waals surface area contributed by atoms with Crippen molar-refractivity contribution in [3.05, 3.63) is 40.9 Å². The van der Waals surface area contributed by atoms with Crippen LogP contribution in [0.15, 0.2) is 29.1 Å². The van der Waals surface area contributed by atoms with Gasteiger partial charge in [0.05, 0.1) is 18.2 Å². The molecule has 3 heterocycles. The van der Waals surface area contributed by atoms with Gasteiger partial charge in [-0.2, -0.15) is 0 Å². The highest BCUT2D eigenvalue weighted by Gasteiger charge is 2.22. The van der Waals surface area contributed by atoms with Crippen LogP contribution in [0.5, 0.6) is 5.88 Å². The number of likely N-dealkylation sites (N-methyl/N-ethyl adjacent to an activating group) is 1. The van der Waals surface area contributed by atoms with E-state index in [-0.39, 0.29) is 12.5 Å². The summed E-state index contributed by atoms with van der Waals surface area (Å²) in [4.78, 5) is 24.7. The van der Waals surface area contributed by atoms with Crippen LogP contribution in [0.1, 0.15) is 22.6 Å². The van der Waals surface area contributed by atoms with Gasteiger partial charge in [0.1, 0.15) is 16.9 Å². The molecule has 0 N–H and O–H groups in total. The quantitative estimate of drug-likeness (QED) is 0.712. The highest BCUT2D eigenvalue weighted by atomic mass is 32.1. The van der Waals surface area contributed by atoms with Gasteiger partial charge < -0.3 is 14.1 Å². The minimum absolute atomic E-state index is 0.0477. The maximum absolute atomic E-state index is 12.3. The lowest BCUT2D eigenvalue weighted by Gasteiger charge is -2.16. The Labute approximate surface area is 143 Å². The zero-order valence-corrected chi connectivity index (χ0v) is 14.1. The van der Waals surface area contributed by atoms with Crippen LogP contribution in [0.25, 0.3) is 10.2 Å². The van der Waals surface area contributed by atoms with Crippen LogP contribution in [-0.4, -0.2) is 34.4 Å². The number of aryl methyl sites for hydroxylation is 2. The molecule has 0 aromatic carbocycles. The van der Waals surface area contributed by atoms with Crippen LogP contribution in [0, 0.1) is 0 Å². The van der Waals surface area contributed by atoms with Crippen LogP contribution in [0.4, 0.5) is 0 Å². The Kier molecular flexibility index (Phi) is 3.93. The Morgan fingerprint density at radius 3 is 3.17 bits per heavy atom. The third-order valence-electron chi connectivity index (χ3n) is 4.20. The first kappa shape index (κ1) is 15.1. The lowest BCUT2D eigenvalue weighted by molar-refractivity contribution is -0.132. The molecule has 0 saturated carbocycles. The molecule has 4 rings (SSSR count). The summed E-state index contributed by atoms with van der Waals surface area (Å²) < 4.78 is 11.0. The van der Waals surface area contributed by atoms with Crippen LogP contribution >= 0.6 is 11.3 Å². The van der Waals surface area contributed by atoms with Gasteiger partial charge in [0.2, 0.25) is 5.88 Å². The van der Waals surface area contributed by atoms with E-state index in [1.165, 1.54) is 16.8 Å². The maximum Gasteiger partial charge on any atom is 0.260 e. The molecule has 3 aromatic rings. The molecular formula is C17H17N3O3S. The lowest BCUT2D eigenvalue weighted by atomic mass is 10.2. The molecule has 0 atom stereocenters. The van der Waals surface area contributed by atoms with Gasteiger partial charge in [0, 0.05) is 11.9 Å². The Morgan fingerprint density at radius 1 is 1.42 bits per heavy atom. The largest absolute Gasteiger partial charge is 0.467 e. The summed E-state index contributed by atoms with van der Waals surface area (Å²) in [5.41, 5.74) is 1.29. The van der Waals surface area contributed by atoms with Crippen molar-refractivity contribution in [1.82, 2.24) is 14.9 Å². The fourth-order valence-corrected chi connectivity index (χ4v) is 4.19. The predicted molar refractivity (Wildman–Crippen MR) is 90.1 cm³/mol. The molecule has 0 saturated heterocycles. The number of hydrogen-bond acceptors (Lipinski definition) is 6. The van der Waals surface area contributed by atoms with Gasteiger partial charge in [-0.1, -0.05) is 0 Å². The van der Waals surface area contributed by atoms with Crippen molar-refractivity contribution < 1.29 is 13.9 Å². The first-order valence-electron chi connectivity index (χ1n) is 7.87. The molecule has 1 amide bonds. The molecule has 0 fully saturated rings. The minimum Gasteiger partial charge on any atom is -0.467 e. The number of carbonyl (C=O) groups is 1. The van der Waals surface area contributed by atoms with Crippen molar-refractivity contribution in [1.29, 1.82) is 0 Å². The number of amides is 1. The molecular weight excluding hydrogens is 326 g/mol. The van der Waals surface area contributed by atoms with Crippen molar-refractivity contribution in [2.24, 2.45) is 0 Å². The number of ether oxygens (including phenoxy) is 1. The Balaban J connectivity index is 1.48. The molecule has 0 spiro atoms. The van der Waals surface area contributed by atoms with Crippen molar-refractivity contribution in [3.8, 4) is 5.88 Å². The maximum atomic E-state index is 12.3. The normalized spacial score (nSPS) is 13.2. The summed E-state index contributed by atoms with van der Waals surface area (Å²) >= 11 is 1.71. The molecule has 0 bridgehead atoms. The van der Waals surface area contributed by atoms with Gasteiger partial charge in [-0.25, -0.2) is 9.97 Å². The Bertz CT molecular complexity index is 873. The summed E-state index contributed by atoms with van der Waals surface area (Å²) in [5.74, 6) is 1.13. The van der Waals surface area contributed by atoms with Gasteiger partial charge in [0.15, 0.2) is 6.61 Å². The van der Waals surface area contributed by atoms with Crippen molar-refractivity contribution in [2.45, 2.75) is 25.8 Å². The summed E-state index contributed by atoms with van der Waals surface area (Å²) in [7, 11) is 1.73. The van der Waals surface area contributed by atoms with Crippen molar-refractivity contribution >= 4 is 27.5 Å². The minimum atomic E-state index is -0.120. The number of rotatable bonds is 5. The molecule has 7 heteroatoms. The molecule has 124 valence electrons. The summed E-state index contributed by atoms with van der Waals surface area (Å²) in [6, 6.07) is 3.65. The second kappa shape index (κ2) is 6.24. The molecule has 1 aliphatic carbocycles. The van der Waals surface area contributed by atoms with Crippen LogP contribution in [0.3, 0.4) is 0 Å². The molecule has 0 aliphatic heterocycles. The first-order chi connectivity index (χ1) is 11.7. The van der Waals surface area contributed by atoms with E-state index < -0.39 is 0 Å². The number of fused-ring (bicyclic) bond motifs is 3. The number of furan rings is 1. The zero-order valence-electron chi connectivity index (χ0n) is 13.3. The topological polar surface area (TPSA) is 68.5 Å². The summed E-state index contributed by atoms with van der Waals surface area (Å²) in [6.07, 6.45) is 6.39. The van der Waals surface area contributed by atoms with Gasteiger partial charge >= 0.3 is 0 Å². The van der Waals surface area contributed by atoms with Crippen LogP contribution in [0.2, 0.25) is 0 Å². The number of carbonyl (C=O) groups excluding carboxylic acids is 1. The monoisotopic (exact) mass is 343 g/mol. The lowest BCUT2D eigenvalue weighted by Crippen LogP contribution is -2.31. The molecule has 24 heavy (non-hydrogen) atoms. The van der Waals surface area contributed by atoms with Crippen LogP contribution < -0.4 is 4.74 Å². The first-order valence-corrected chi connectivity index (χ1v) is 8.68. The molecule has 0 unspecified atom stereocenters. The van der Waals surface area contributed by atoms with Gasteiger partial charge in [-0.05, 0) is 37.0 Å². The fraction of sp³-hybridized carbons (Fsp3) is 0.353. The second-order valence-electron chi connectivity index (χ2n) is 5.83. The zero-order chi connectivity index (χ0) is 16.5. The number of nitrogens with zero attached hydrogens (tertiary/aromatic N) is 3. The van der Waals surface area contributed by atoms with E-state index in [1.807, 2.05) is 6.07 Å². The van der Waals surface area contributed by atoms with Gasteiger partial charge in [-0.3, -0.25) is 4.79 Å². The summed E-state index contributed by atoms with van der Waals surface area (Å²) in [6.45, 7) is 0.371. The number of hydrogen-bond donors (Lipinski definition) is 0. The highest BCUT2D eigenvalue weighted by Crippen LogP contribution is 2.39. The second-order valence-corrected chi connectivity index (χ2v) is 6.92. The van der Waals surface area contributed by atoms with E-state index in [4.69, 9.17) is 9.15 Å². The van der Waals surface area contributed by atoms with E-state index in [1.54, 1.807) is 35.6 Å². The predicted octanol–water partition coefficient (Wildman–Crippen LogP) is 2.81. The van der Waals surface area contributed by atoms with Gasteiger partial charge in [-0.15, -0.1) is 11.3 Å². The molecule has 1 aliphatic rings.